The predicted octanol–water partition coefficient (Wildman–Crippen LogP) is 1.93. The summed E-state index contributed by atoms with van der Waals surface area (Å²) in [6.45, 7) is 6.93. The average molecular weight is 229 g/mol. The number of carboxylic acid groups (broad SMARTS) is 1. The molecule has 0 fully saturated rings. The molecule has 2 N–H and O–H groups in total. The van der Waals surface area contributed by atoms with Gasteiger partial charge in [-0.3, -0.25) is 0 Å². The quantitative estimate of drug-likeness (QED) is 0.722. The average Bonchev–Trinajstić information content (AvgIpc) is 2.08. The fourth-order valence-electron chi connectivity index (χ4n) is 0.943. The number of aliphatic carboxylic acids is 1. The fraction of sp³-hybridized carbons (Fsp3) is 0.636. The zero-order valence-electron chi connectivity index (χ0n) is 10.1. The standard InChI is InChI=1S/C11H19NO4/c1-5-6-7-8(9(13)14)12-10(15)16-11(2,3)4/h5-6,8H,7H2,1-4H3,(H,12,15)(H,13,14)/b6-5+/t8-/m0/s1. The van der Waals surface area contributed by atoms with E-state index in [0.29, 0.717) is 0 Å². The van der Waals surface area contributed by atoms with E-state index in [2.05, 4.69) is 5.32 Å². The van der Waals surface area contributed by atoms with Crippen molar-refractivity contribution < 1.29 is 19.4 Å². The molecule has 0 aliphatic carbocycles. The van der Waals surface area contributed by atoms with Crippen LogP contribution in [-0.2, 0) is 9.53 Å². The van der Waals surface area contributed by atoms with Crippen molar-refractivity contribution in [3.8, 4) is 0 Å². The van der Waals surface area contributed by atoms with Gasteiger partial charge in [0.2, 0.25) is 0 Å². The van der Waals surface area contributed by atoms with Crippen LogP contribution in [0.5, 0.6) is 0 Å². The third kappa shape index (κ3) is 6.86. The van der Waals surface area contributed by atoms with Gasteiger partial charge in [0, 0.05) is 0 Å². The number of ether oxygens (including phenoxy) is 1. The van der Waals surface area contributed by atoms with Crippen LogP contribution in [0.4, 0.5) is 4.79 Å². The number of nitrogens with one attached hydrogen (secondary N) is 1. The monoisotopic (exact) mass is 229 g/mol. The molecule has 0 rings (SSSR count). The Morgan fingerprint density at radius 3 is 2.38 bits per heavy atom. The van der Waals surface area contributed by atoms with Crippen molar-refractivity contribution in [1.29, 1.82) is 0 Å². The Hall–Kier alpha value is -1.52. The molecule has 0 bridgehead atoms. The molecule has 16 heavy (non-hydrogen) atoms. The van der Waals surface area contributed by atoms with E-state index in [1.54, 1.807) is 39.8 Å². The number of rotatable bonds is 4. The lowest BCUT2D eigenvalue weighted by molar-refractivity contribution is -0.139. The maximum Gasteiger partial charge on any atom is 0.408 e. The van der Waals surface area contributed by atoms with E-state index in [1.165, 1.54) is 0 Å². The third-order valence-electron chi connectivity index (χ3n) is 1.60. The molecule has 1 atom stereocenters. The zero-order valence-corrected chi connectivity index (χ0v) is 10.1. The Kier molecular flexibility index (Phi) is 5.56. The molecule has 0 aliphatic heterocycles. The molecule has 5 nitrogen and oxygen atoms in total. The fourth-order valence-corrected chi connectivity index (χ4v) is 0.943. The number of carboxylic acids is 1. The van der Waals surface area contributed by atoms with Gasteiger partial charge in [0.05, 0.1) is 0 Å². The van der Waals surface area contributed by atoms with Crippen LogP contribution in [0.2, 0.25) is 0 Å². The van der Waals surface area contributed by atoms with Gasteiger partial charge in [0.1, 0.15) is 11.6 Å². The maximum absolute atomic E-state index is 11.3. The number of hydrogen-bond acceptors (Lipinski definition) is 3. The molecule has 0 aromatic rings. The topological polar surface area (TPSA) is 75.6 Å². The zero-order chi connectivity index (χ0) is 12.8. The summed E-state index contributed by atoms with van der Waals surface area (Å²) < 4.78 is 4.96. The number of amides is 1. The highest BCUT2D eigenvalue weighted by Crippen LogP contribution is 2.07. The molecule has 0 unspecified atom stereocenters. The summed E-state index contributed by atoms with van der Waals surface area (Å²) in [6, 6.07) is -0.953. The van der Waals surface area contributed by atoms with Crippen LogP contribution in [0, 0.1) is 0 Å². The first-order chi connectivity index (χ1) is 7.26. The van der Waals surface area contributed by atoms with Gasteiger partial charge in [0.15, 0.2) is 0 Å². The van der Waals surface area contributed by atoms with Gasteiger partial charge < -0.3 is 15.2 Å². The smallest absolute Gasteiger partial charge is 0.408 e. The lowest BCUT2D eigenvalue weighted by Crippen LogP contribution is -2.43. The second kappa shape index (κ2) is 6.15. The summed E-state index contributed by atoms with van der Waals surface area (Å²) >= 11 is 0. The van der Waals surface area contributed by atoms with Crippen molar-refractivity contribution in [2.45, 2.75) is 45.8 Å². The molecule has 0 saturated heterocycles. The van der Waals surface area contributed by atoms with Crippen LogP contribution in [0.3, 0.4) is 0 Å². The van der Waals surface area contributed by atoms with Crippen LogP contribution in [-0.4, -0.2) is 28.8 Å². The van der Waals surface area contributed by atoms with E-state index in [4.69, 9.17) is 9.84 Å². The van der Waals surface area contributed by atoms with E-state index in [0.717, 1.165) is 0 Å². The Balaban J connectivity index is 4.29. The molecule has 92 valence electrons. The maximum atomic E-state index is 11.3. The minimum absolute atomic E-state index is 0.241. The Morgan fingerprint density at radius 2 is 2.00 bits per heavy atom. The summed E-state index contributed by atoms with van der Waals surface area (Å²) in [5.41, 5.74) is -0.631. The largest absolute Gasteiger partial charge is 0.480 e. The van der Waals surface area contributed by atoms with Gasteiger partial charge in [-0.1, -0.05) is 12.2 Å². The summed E-state index contributed by atoms with van der Waals surface area (Å²) in [7, 11) is 0. The van der Waals surface area contributed by atoms with Gasteiger partial charge in [-0.25, -0.2) is 9.59 Å². The first-order valence-corrected chi connectivity index (χ1v) is 5.09. The highest BCUT2D eigenvalue weighted by Gasteiger charge is 2.22. The number of allylic oxidation sites excluding steroid dienone is 1. The summed E-state index contributed by atoms with van der Waals surface area (Å²) in [5, 5.41) is 11.1. The molecule has 0 aromatic heterocycles. The van der Waals surface area contributed by atoms with Gasteiger partial charge in [-0.05, 0) is 34.1 Å². The van der Waals surface area contributed by atoms with Crippen LogP contribution in [0.1, 0.15) is 34.1 Å². The summed E-state index contributed by atoms with van der Waals surface area (Å²) in [5.74, 6) is -1.08. The molecule has 0 spiro atoms. The van der Waals surface area contributed by atoms with Crippen LogP contribution in [0.15, 0.2) is 12.2 Å². The Labute approximate surface area is 95.5 Å². The van der Waals surface area contributed by atoms with Crippen molar-refractivity contribution in [3.05, 3.63) is 12.2 Å². The Morgan fingerprint density at radius 1 is 1.44 bits per heavy atom. The number of carbonyl (C=O) groups is 2. The van der Waals surface area contributed by atoms with E-state index < -0.39 is 23.7 Å². The van der Waals surface area contributed by atoms with E-state index >= 15 is 0 Å². The van der Waals surface area contributed by atoms with E-state index in [9.17, 15) is 9.59 Å². The SMILES string of the molecule is C/C=C/C[C@H](NC(=O)OC(C)(C)C)C(=O)O. The van der Waals surface area contributed by atoms with Crippen molar-refractivity contribution >= 4 is 12.1 Å². The number of hydrogen-bond donors (Lipinski definition) is 2. The van der Waals surface area contributed by atoms with Crippen molar-refractivity contribution in [2.75, 3.05) is 0 Å². The van der Waals surface area contributed by atoms with Crippen molar-refractivity contribution in [2.24, 2.45) is 0 Å². The van der Waals surface area contributed by atoms with Crippen molar-refractivity contribution in [3.63, 3.8) is 0 Å². The molecular weight excluding hydrogens is 210 g/mol. The predicted molar refractivity (Wildman–Crippen MR) is 60.2 cm³/mol. The van der Waals surface area contributed by atoms with Crippen molar-refractivity contribution in [1.82, 2.24) is 5.32 Å². The summed E-state index contributed by atoms with van der Waals surface area (Å²) in [6.07, 6.45) is 2.93. The second-order valence-electron chi connectivity index (χ2n) is 4.34. The number of carbonyl (C=O) groups excluding carboxylic acids is 1. The number of alkyl carbamates (subject to hydrolysis) is 1. The second-order valence-corrected chi connectivity index (χ2v) is 4.34. The first-order valence-electron chi connectivity index (χ1n) is 5.09. The lowest BCUT2D eigenvalue weighted by atomic mass is 10.2. The molecule has 0 radical (unpaired) electrons. The third-order valence-corrected chi connectivity index (χ3v) is 1.60. The molecule has 5 heteroatoms. The molecule has 0 aliphatic rings. The molecule has 1 amide bonds. The van der Waals surface area contributed by atoms with Crippen LogP contribution < -0.4 is 5.32 Å². The molecule has 0 aromatic carbocycles. The molecule has 0 saturated carbocycles. The van der Waals surface area contributed by atoms with Gasteiger partial charge in [-0.15, -0.1) is 0 Å². The highest BCUT2D eigenvalue weighted by molar-refractivity contribution is 5.80. The normalized spacial score (nSPS) is 13.5. The van der Waals surface area contributed by atoms with E-state index in [-0.39, 0.29) is 6.42 Å². The van der Waals surface area contributed by atoms with Gasteiger partial charge in [0.25, 0.3) is 0 Å². The first kappa shape index (κ1) is 14.5. The minimum Gasteiger partial charge on any atom is -0.480 e. The highest BCUT2D eigenvalue weighted by atomic mass is 16.6. The van der Waals surface area contributed by atoms with Gasteiger partial charge >= 0.3 is 12.1 Å². The minimum atomic E-state index is -1.08. The van der Waals surface area contributed by atoms with E-state index in [1.807, 2.05) is 0 Å². The lowest BCUT2D eigenvalue weighted by Gasteiger charge is -2.21. The molecule has 0 heterocycles. The Bertz CT molecular complexity index is 278. The summed E-state index contributed by atoms with van der Waals surface area (Å²) in [4.78, 5) is 22.1. The van der Waals surface area contributed by atoms with Crippen LogP contribution in [0.25, 0.3) is 0 Å². The van der Waals surface area contributed by atoms with Crippen LogP contribution >= 0.6 is 0 Å². The molecular formula is C11H19NO4. The van der Waals surface area contributed by atoms with Gasteiger partial charge in [-0.2, -0.15) is 0 Å².